The Morgan fingerprint density at radius 1 is 1.47 bits per heavy atom. The fourth-order valence-corrected chi connectivity index (χ4v) is 2.62. The smallest absolute Gasteiger partial charge is 0.269 e. The molecule has 2 aromatic heterocycles. The Hall–Kier alpha value is -1.34. The number of hydrogen-bond acceptors (Lipinski definition) is 5. The predicted molar refractivity (Wildman–Crippen MR) is 78.5 cm³/mol. The molecular weight excluding hydrogens is 328 g/mol. The zero-order valence-electron chi connectivity index (χ0n) is 10.6. The second-order valence-electron chi connectivity index (χ2n) is 4.02. The first-order chi connectivity index (χ1) is 9.11. The predicted octanol–water partition coefficient (Wildman–Crippen LogP) is 3.21. The number of halogens is 1. The van der Waals surface area contributed by atoms with E-state index in [4.69, 9.17) is 0 Å². The summed E-state index contributed by atoms with van der Waals surface area (Å²) in [5, 5.41) is 6.84. The van der Waals surface area contributed by atoms with E-state index in [2.05, 4.69) is 35.8 Å². The molecule has 0 aliphatic carbocycles. The van der Waals surface area contributed by atoms with Crippen LogP contribution in [-0.2, 0) is 6.42 Å². The highest BCUT2D eigenvalue weighted by molar-refractivity contribution is 9.10. The van der Waals surface area contributed by atoms with Crippen molar-refractivity contribution in [1.29, 1.82) is 0 Å². The number of carbonyl (C=O) groups is 1. The Balaban J connectivity index is 2.18. The lowest BCUT2D eigenvalue weighted by Gasteiger charge is -2.07. The van der Waals surface area contributed by atoms with Crippen LogP contribution in [0, 0.1) is 6.92 Å². The molecule has 100 valence electrons. The molecule has 1 N–H and O–H groups in total. The van der Waals surface area contributed by atoms with Gasteiger partial charge in [0.1, 0.15) is 9.48 Å². The molecule has 0 spiro atoms. The maximum Gasteiger partial charge on any atom is 0.269 e. The standard InChI is InChI=1S/C12H13BrN4OS/c1-3-4-9-11(19-17-16-9)12(18)15-8-5-6-10(13)14-7(8)2/h5-6H,3-4H2,1-2H3,(H,15,18). The van der Waals surface area contributed by atoms with E-state index in [0.717, 1.165) is 40.4 Å². The lowest BCUT2D eigenvalue weighted by molar-refractivity contribution is 0.102. The maximum absolute atomic E-state index is 12.2. The van der Waals surface area contributed by atoms with Crippen molar-refractivity contribution in [3.05, 3.63) is 33.0 Å². The van der Waals surface area contributed by atoms with Crippen molar-refractivity contribution >= 4 is 39.1 Å². The van der Waals surface area contributed by atoms with Gasteiger partial charge in [0.25, 0.3) is 5.91 Å². The summed E-state index contributed by atoms with van der Waals surface area (Å²) in [4.78, 5) is 17.0. The van der Waals surface area contributed by atoms with Crippen LogP contribution in [0.2, 0.25) is 0 Å². The maximum atomic E-state index is 12.2. The molecule has 0 atom stereocenters. The van der Waals surface area contributed by atoms with Gasteiger partial charge in [0.2, 0.25) is 0 Å². The molecule has 1 amide bonds. The highest BCUT2D eigenvalue weighted by Crippen LogP contribution is 2.19. The van der Waals surface area contributed by atoms with Crippen molar-refractivity contribution in [3.8, 4) is 0 Å². The highest BCUT2D eigenvalue weighted by atomic mass is 79.9. The molecule has 0 radical (unpaired) electrons. The monoisotopic (exact) mass is 340 g/mol. The van der Waals surface area contributed by atoms with Gasteiger partial charge in [-0.05, 0) is 52.9 Å². The van der Waals surface area contributed by atoms with E-state index in [1.165, 1.54) is 0 Å². The fourth-order valence-electron chi connectivity index (χ4n) is 1.62. The highest BCUT2D eigenvalue weighted by Gasteiger charge is 2.16. The van der Waals surface area contributed by atoms with E-state index in [9.17, 15) is 4.79 Å². The van der Waals surface area contributed by atoms with Gasteiger partial charge >= 0.3 is 0 Å². The number of anilines is 1. The average molecular weight is 341 g/mol. The molecule has 0 aliphatic heterocycles. The number of aromatic nitrogens is 3. The quantitative estimate of drug-likeness (QED) is 0.867. The summed E-state index contributed by atoms with van der Waals surface area (Å²) in [7, 11) is 0. The van der Waals surface area contributed by atoms with Crippen LogP contribution in [0.25, 0.3) is 0 Å². The number of amides is 1. The first kappa shape index (κ1) is 14.1. The van der Waals surface area contributed by atoms with Crippen molar-refractivity contribution in [1.82, 2.24) is 14.6 Å². The fraction of sp³-hybridized carbons (Fsp3) is 0.333. The Kier molecular flexibility index (Phi) is 4.60. The Labute approximate surface area is 123 Å². The zero-order chi connectivity index (χ0) is 13.8. The summed E-state index contributed by atoms with van der Waals surface area (Å²) in [5.74, 6) is -0.175. The lowest BCUT2D eigenvalue weighted by atomic mass is 10.2. The van der Waals surface area contributed by atoms with Crippen molar-refractivity contribution in [2.24, 2.45) is 0 Å². The summed E-state index contributed by atoms with van der Waals surface area (Å²) in [6.07, 6.45) is 1.70. The number of pyridine rings is 1. The van der Waals surface area contributed by atoms with Crippen molar-refractivity contribution in [2.45, 2.75) is 26.7 Å². The Morgan fingerprint density at radius 3 is 2.95 bits per heavy atom. The normalized spacial score (nSPS) is 10.5. The average Bonchev–Trinajstić information content (AvgIpc) is 2.81. The van der Waals surface area contributed by atoms with Gasteiger partial charge in [0.15, 0.2) is 0 Å². The Morgan fingerprint density at radius 2 is 2.26 bits per heavy atom. The molecule has 0 bridgehead atoms. The summed E-state index contributed by atoms with van der Waals surface area (Å²) >= 11 is 4.41. The largest absolute Gasteiger partial charge is 0.320 e. The summed E-state index contributed by atoms with van der Waals surface area (Å²) < 4.78 is 4.59. The minimum atomic E-state index is -0.175. The summed E-state index contributed by atoms with van der Waals surface area (Å²) in [6, 6.07) is 3.61. The van der Waals surface area contributed by atoms with Crippen LogP contribution in [0.15, 0.2) is 16.7 Å². The molecule has 2 heterocycles. The molecule has 7 heteroatoms. The molecule has 2 rings (SSSR count). The van der Waals surface area contributed by atoms with Gasteiger partial charge in [-0.15, -0.1) is 5.10 Å². The third-order valence-electron chi connectivity index (χ3n) is 2.55. The first-order valence-electron chi connectivity index (χ1n) is 5.87. The molecule has 0 unspecified atom stereocenters. The molecule has 2 aromatic rings. The van der Waals surface area contributed by atoms with Crippen LogP contribution in [0.4, 0.5) is 5.69 Å². The molecule has 19 heavy (non-hydrogen) atoms. The second-order valence-corrected chi connectivity index (χ2v) is 5.59. The van der Waals surface area contributed by atoms with Gasteiger partial charge in [0.05, 0.1) is 17.1 Å². The topological polar surface area (TPSA) is 67.8 Å². The van der Waals surface area contributed by atoms with E-state index in [0.29, 0.717) is 10.6 Å². The SMILES string of the molecule is CCCc1nnsc1C(=O)Nc1ccc(Br)nc1C. The number of aryl methyl sites for hydroxylation is 2. The van der Waals surface area contributed by atoms with Crippen molar-refractivity contribution in [2.75, 3.05) is 5.32 Å². The van der Waals surface area contributed by atoms with E-state index >= 15 is 0 Å². The molecular formula is C12H13BrN4OS. The molecule has 0 saturated heterocycles. The van der Waals surface area contributed by atoms with Crippen LogP contribution in [0.1, 0.15) is 34.4 Å². The summed E-state index contributed by atoms with van der Waals surface area (Å²) in [6.45, 7) is 3.89. The van der Waals surface area contributed by atoms with Crippen molar-refractivity contribution in [3.63, 3.8) is 0 Å². The van der Waals surface area contributed by atoms with E-state index in [-0.39, 0.29) is 5.91 Å². The molecule has 5 nitrogen and oxygen atoms in total. The van der Waals surface area contributed by atoms with Crippen molar-refractivity contribution < 1.29 is 4.79 Å². The minimum absolute atomic E-state index is 0.175. The van der Waals surface area contributed by atoms with Crippen LogP contribution in [0.3, 0.4) is 0 Å². The second kappa shape index (κ2) is 6.21. The van der Waals surface area contributed by atoms with Crippen LogP contribution in [0.5, 0.6) is 0 Å². The van der Waals surface area contributed by atoms with Gasteiger partial charge in [-0.3, -0.25) is 4.79 Å². The molecule has 0 aromatic carbocycles. The number of carbonyl (C=O) groups excluding carboxylic acids is 1. The number of nitrogens with one attached hydrogen (secondary N) is 1. The van der Waals surface area contributed by atoms with Crippen LogP contribution in [-0.4, -0.2) is 20.5 Å². The number of rotatable bonds is 4. The molecule has 0 fully saturated rings. The van der Waals surface area contributed by atoms with Gasteiger partial charge in [-0.2, -0.15) is 0 Å². The van der Waals surface area contributed by atoms with E-state index in [1.807, 2.05) is 19.9 Å². The van der Waals surface area contributed by atoms with Gasteiger partial charge in [-0.1, -0.05) is 17.8 Å². The third-order valence-corrected chi connectivity index (χ3v) is 3.76. The van der Waals surface area contributed by atoms with Gasteiger partial charge < -0.3 is 5.32 Å². The van der Waals surface area contributed by atoms with E-state index < -0.39 is 0 Å². The third kappa shape index (κ3) is 3.36. The van der Waals surface area contributed by atoms with Crippen LogP contribution < -0.4 is 5.32 Å². The molecule has 0 aliphatic rings. The number of hydrogen-bond donors (Lipinski definition) is 1. The van der Waals surface area contributed by atoms with E-state index in [1.54, 1.807) is 6.07 Å². The zero-order valence-corrected chi connectivity index (χ0v) is 13.0. The lowest BCUT2D eigenvalue weighted by Crippen LogP contribution is -2.13. The molecule has 0 saturated carbocycles. The summed E-state index contributed by atoms with van der Waals surface area (Å²) in [5.41, 5.74) is 2.22. The van der Waals surface area contributed by atoms with Gasteiger partial charge in [0, 0.05) is 0 Å². The number of nitrogens with zero attached hydrogens (tertiary/aromatic N) is 3. The Bertz CT molecular complexity index is 599. The minimum Gasteiger partial charge on any atom is -0.320 e. The van der Waals surface area contributed by atoms with Crippen LogP contribution >= 0.6 is 27.5 Å². The van der Waals surface area contributed by atoms with Gasteiger partial charge in [-0.25, -0.2) is 4.98 Å². The first-order valence-corrected chi connectivity index (χ1v) is 7.44.